The molecule has 0 saturated carbocycles. The van der Waals surface area contributed by atoms with E-state index in [-0.39, 0.29) is 0 Å². The summed E-state index contributed by atoms with van der Waals surface area (Å²) in [6.45, 7) is 9.07. The number of hydrogen-bond donors (Lipinski definition) is 1. The third-order valence-electron chi connectivity index (χ3n) is 5.93. The summed E-state index contributed by atoms with van der Waals surface area (Å²) in [7, 11) is 2.09. The number of fused-ring (bicyclic) bond motifs is 1. The second kappa shape index (κ2) is 9.00. The molecule has 4 rings (SSSR count). The highest BCUT2D eigenvalue weighted by Crippen LogP contribution is 2.24. The van der Waals surface area contributed by atoms with Gasteiger partial charge in [-0.05, 0) is 48.0 Å². The molecule has 1 aromatic carbocycles. The van der Waals surface area contributed by atoms with Crippen LogP contribution in [0.4, 0.5) is 11.4 Å². The Hall–Kier alpha value is -2.67. The topological polar surface area (TPSA) is 47.0 Å². The average Bonchev–Trinajstić information content (AvgIpc) is 2.79. The Morgan fingerprint density at radius 3 is 2.50 bits per heavy atom. The van der Waals surface area contributed by atoms with Gasteiger partial charge < -0.3 is 14.7 Å². The van der Waals surface area contributed by atoms with Gasteiger partial charge in [0.25, 0.3) is 0 Å². The molecule has 0 aliphatic carbocycles. The summed E-state index contributed by atoms with van der Waals surface area (Å²) >= 11 is 5.62. The molecule has 0 unspecified atom stereocenters. The monoisotopic (exact) mass is 422 g/mol. The number of thiocarbonyl (C=S) groups is 1. The summed E-state index contributed by atoms with van der Waals surface area (Å²) in [6, 6.07) is 13.0. The maximum absolute atomic E-state index is 5.62. The predicted octanol–water partition coefficient (Wildman–Crippen LogP) is 3.45. The fraction of sp³-hybridized carbons (Fsp3) is 0.435. The van der Waals surface area contributed by atoms with Crippen LogP contribution < -0.4 is 15.2 Å². The summed E-state index contributed by atoms with van der Waals surface area (Å²) in [5.74, 6) is 0.563. The van der Waals surface area contributed by atoms with Crippen molar-refractivity contribution in [2.75, 3.05) is 49.6 Å². The van der Waals surface area contributed by atoms with E-state index < -0.39 is 0 Å². The van der Waals surface area contributed by atoms with Crippen molar-refractivity contribution in [2.45, 2.75) is 26.2 Å². The van der Waals surface area contributed by atoms with Crippen molar-refractivity contribution in [1.29, 1.82) is 0 Å². The molecular formula is C23H30N6S. The fourth-order valence-electron chi connectivity index (χ4n) is 3.97. The number of pyridine rings is 1. The maximum atomic E-state index is 5.62. The lowest BCUT2D eigenvalue weighted by molar-refractivity contribution is 0.381. The molecule has 2 aliphatic heterocycles. The number of benzene rings is 1. The van der Waals surface area contributed by atoms with E-state index in [9.17, 15) is 0 Å². The van der Waals surface area contributed by atoms with E-state index in [1.807, 2.05) is 12.3 Å². The molecule has 0 atom stereocenters. The van der Waals surface area contributed by atoms with Crippen LogP contribution in [0, 0.1) is 0 Å². The average molecular weight is 423 g/mol. The maximum Gasteiger partial charge on any atom is 0.189 e. The van der Waals surface area contributed by atoms with Crippen LogP contribution in [-0.2, 0) is 0 Å². The van der Waals surface area contributed by atoms with Crippen molar-refractivity contribution in [2.24, 2.45) is 5.10 Å². The van der Waals surface area contributed by atoms with Crippen molar-refractivity contribution in [1.82, 2.24) is 15.3 Å². The van der Waals surface area contributed by atoms with Crippen LogP contribution in [0.1, 0.15) is 37.4 Å². The minimum absolute atomic E-state index is 0.563. The van der Waals surface area contributed by atoms with Crippen LogP contribution in [0.2, 0.25) is 0 Å². The summed E-state index contributed by atoms with van der Waals surface area (Å²) < 4.78 is 0. The number of hydrazone groups is 1. The summed E-state index contributed by atoms with van der Waals surface area (Å²) in [6.07, 6.45) is 2.68. The molecular weight excluding hydrogens is 392 g/mol. The van der Waals surface area contributed by atoms with E-state index >= 15 is 0 Å². The Bertz CT molecular complexity index is 916. The molecule has 0 spiro atoms. The van der Waals surface area contributed by atoms with Gasteiger partial charge in [-0.2, -0.15) is 5.10 Å². The third-order valence-corrected chi connectivity index (χ3v) is 6.28. The van der Waals surface area contributed by atoms with Crippen molar-refractivity contribution < 1.29 is 0 Å². The van der Waals surface area contributed by atoms with Gasteiger partial charge in [-0.25, -0.2) is 0 Å². The molecule has 1 N–H and O–H groups in total. The SMILES string of the molecule is CC(C)c1ccc(N2CCN(C(=S)N/N=C3/CCN(C)c4cccnc43)CC2)cc1. The van der Waals surface area contributed by atoms with Gasteiger partial charge in [-0.1, -0.05) is 26.0 Å². The second-order valence-corrected chi connectivity index (χ2v) is 8.63. The number of aromatic nitrogens is 1. The highest BCUT2D eigenvalue weighted by molar-refractivity contribution is 7.80. The first-order valence-electron chi connectivity index (χ1n) is 10.7. The zero-order valence-corrected chi connectivity index (χ0v) is 18.8. The van der Waals surface area contributed by atoms with Crippen molar-refractivity contribution in [3.8, 4) is 0 Å². The lowest BCUT2D eigenvalue weighted by atomic mass is 10.0. The van der Waals surface area contributed by atoms with E-state index in [2.05, 4.69) is 81.4 Å². The van der Waals surface area contributed by atoms with E-state index in [4.69, 9.17) is 12.2 Å². The lowest BCUT2D eigenvalue weighted by Crippen LogP contribution is -2.51. The summed E-state index contributed by atoms with van der Waals surface area (Å²) in [4.78, 5) is 11.4. The second-order valence-electron chi connectivity index (χ2n) is 8.24. The highest BCUT2D eigenvalue weighted by atomic mass is 32.1. The Morgan fingerprint density at radius 1 is 1.07 bits per heavy atom. The van der Waals surface area contributed by atoms with E-state index in [1.54, 1.807) is 0 Å². The minimum Gasteiger partial charge on any atom is -0.372 e. The van der Waals surface area contributed by atoms with Gasteiger partial charge in [0.05, 0.1) is 11.4 Å². The number of piperazine rings is 1. The van der Waals surface area contributed by atoms with Crippen LogP contribution in [0.15, 0.2) is 47.7 Å². The molecule has 3 heterocycles. The fourth-order valence-corrected chi connectivity index (χ4v) is 4.20. The standard InChI is InChI=1S/C23H30N6S/c1-17(2)18-6-8-19(9-7-18)28-13-15-29(16-14-28)23(30)26-25-20-10-12-27(3)21-5-4-11-24-22(20)21/h4-9,11,17H,10,12-16H2,1-3H3,(H,26,30)/b25-20-. The quantitative estimate of drug-likeness (QED) is 0.604. The Morgan fingerprint density at radius 2 is 1.80 bits per heavy atom. The van der Waals surface area contributed by atoms with E-state index in [0.717, 1.165) is 56.2 Å². The van der Waals surface area contributed by atoms with Gasteiger partial charge in [0.1, 0.15) is 5.69 Å². The van der Waals surface area contributed by atoms with Gasteiger partial charge >= 0.3 is 0 Å². The normalized spacial score (nSPS) is 18.0. The van der Waals surface area contributed by atoms with Crippen molar-refractivity contribution in [3.63, 3.8) is 0 Å². The third kappa shape index (κ3) is 4.41. The zero-order chi connectivity index (χ0) is 21.1. The molecule has 0 bridgehead atoms. The highest BCUT2D eigenvalue weighted by Gasteiger charge is 2.22. The van der Waals surface area contributed by atoms with Crippen LogP contribution >= 0.6 is 12.2 Å². The molecule has 2 aromatic rings. The van der Waals surface area contributed by atoms with Crippen molar-refractivity contribution >= 4 is 34.4 Å². The molecule has 1 fully saturated rings. The van der Waals surface area contributed by atoms with Crippen LogP contribution in [0.25, 0.3) is 0 Å². The largest absolute Gasteiger partial charge is 0.372 e. The first kappa shape index (κ1) is 20.6. The van der Waals surface area contributed by atoms with Gasteiger partial charge in [0.2, 0.25) is 0 Å². The van der Waals surface area contributed by atoms with Gasteiger partial charge in [-0.3, -0.25) is 10.4 Å². The van der Waals surface area contributed by atoms with Gasteiger partial charge in [0, 0.05) is 58.1 Å². The predicted molar refractivity (Wildman–Crippen MR) is 129 cm³/mol. The van der Waals surface area contributed by atoms with Crippen LogP contribution in [-0.4, -0.2) is 60.5 Å². The molecule has 0 radical (unpaired) electrons. The smallest absolute Gasteiger partial charge is 0.189 e. The number of nitrogens with zero attached hydrogens (tertiary/aromatic N) is 5. The Kier molecular flexibility index (Phi) is 6.18. The Labute approximate surface area is 184 Å². The Balaban J connectivity index is 1.34. The van der Waals surface area contributed by atoms with E-state index in [1.165, 1.54) is 11.3 Å². The minimum atomic E-state index is 0.563. The molecule has 2 aliphatic rings. The molecule has 0 amide bonds. The molecule has 6 nitrogen and oxygen atoms in total. The van der Waals surface area contributed by atoms with Crippen LogP contribution in [0.3, 0.4) is 0 Å². The number of anilines is 2. The lowest BCUT2D eigenvalue weighted by Gasteiger charge is -2.37. The van der Waals surface area contributed by atoms with Gasteiger partial charge in [-0.15, -0.1) is 0 Å². The molecule has 30 heavy (non-hydrogen) atoms. The molecule has 1 saturated heterocycles. The van der Waals surface area contributed by atoms with Crippen LogP contribution in [0.5, 0.6) is 0 Å². The summed E-state index contributed by atoms with van der Waals surface area (Å²) in [5.41, 5.74) is 8.81. The first-order chi connectivity index (χ1) is 14.5. The zero-order valence-electron chi connectivity index (χ0n) is 18.0. The molecule has 158 valence electrons. The first-order valence-corrected chi connectivity index (χ1v) is 11.1. The van der Waals surface area contributed by atoms with Crippen molar-refractivity contribution in [3.05, 3.63) is 53.9 Å². The molecule has 1 aromatic heterocycles. The molecule has 7 heteroatoms. The summed E-state index contributed by atoms with van der Waals surface area (Å²) in [5, 5.41) is 5.31. The number of hydrogen-bond acceptors (Lipinski definition) is 5. The van der Waals surface area contributed by atoms with E-state index in [0.29, 0.717) is 11.0 Å². The number of rotatable bonds is 3. The number of nitrogens with one attached hydrogen (secondary N) is 1. The van der Waals surface area contributed by atoms with Gasteiger partial charge in [0.15, 0.2) is 5.11 Å².